The van der Waals surface area contributed by atoms with Crippen LogP contribution in [0, 0.1) is 5.92 Å². The Balaban J connectivity index is 1.60. The van der Waals surface area contributed by atoms with Crippen molar-refractivity contribution >= 4 is 5.91 Å². The Kier molecular flexibility index (Phi) is 6.11. The Morgan fingerprint density at radius 3 is 2.63 bits per heavy atom. The Labute approximate surface area is 117 Å². The van der Waals surface area contributed by atoms with Crippen LogP contribution in [0.5, 0.6) is 0 Å². The first-order valence-electron chi connectivity index (χ1n) is 8.01. The second-order valence-electron chi connectivity index (χ2n) is 6.12. The number of carbonyl (C=O) groups excluding carboxylic acids is 1. The van der Waals surface area contributed by atoms with Gasteiger partial charge in [0, 0.05) is 32.1 Å². The maximum absolute atomic E-state index is 12.1. The summed E-state index contributed by atoms with van der Waals surface area (Å²) in [6.45, 7) is 3.45. The molecule has 1 saturated carbocycles. The molecule has 2 rings (SSSR count). The van der Waals surface area contributed by atoms with E-state index in [9.17, 15) is 4.79 Å². The van der Waals surface area contributed by atoms with Gasteiger partial charge in [-0.2, -0.15) is 0 Å². The van der Waals surface area contributed by atoms with Gasteiger partial charge in [-0.15, -0.1) is 0 Å². The lowest BCUT2D eigenvalue weighted by molar-refractivity contribution is -0.132. The minimum atomic E-state index is 0.161. The van der Waals surface area contributed by atoms with Crippen molar-refractivity contribution in [1.29, 1.82) is 0 Å². The molecule has 1 aliphatic heterocycles. The summed E-state index contributed by atoms with van der Waals surface area (Å²) in [7, 11) is 0. The molecule has 1 heterocycles. The molecule has 1 atom stereocenters. The summed E-state index contributed by atoms with van der Waals surface area (Å²) in [4.78, 5) is 14.2. The van der Waals surface area contributed by atoms with Gasteiger partial charge in [0.05, 0.1) is 0 Å². The number of nitrogens with two attached hydrogens (primary N) is 1. The van der Waals surface area contributed by atoms with Crippen LogP contribution in [0.25, 0.3) is 0 Å². The van der Waals surface area contributed by atoms with Crippen molar-refractivity contribution in [2.75, 3.05) is 26.2 Å². The normalized spacial score (nSPS) is 21.4. The molecule has 0 spiro atoms. The standard InChI is InChI=1S/C15H29N3O/c16-12-14(17-8-4-5-13-6-7-13)11-15(19)18-9-2-1-3-10-18/h13-14,17H,1-12,16H2. The van der Waals surface area contributed by atoms with E-state index in [1.165, 1.54) is 32.1 Å². The number of rotatable bonds is 8. The molecule has 1 amide bonds. The molecule has 2 fully saturated rings. The van der Waals surface area contributed by atoms with E-state index < -0.39 is 0 Å². The van der Waals surface area contributed by atoms with Crippen molar-refractivity contribution in [3.05, 3.63) is 0 Å². The monoisotopic (exact) mass is 267 g/mol. The number of piperidine rings is 1. The first-order valence-corrected chi connectivity index (χ1v) is 8.01. The molecule has 4 heteroatoms. The van der Waals surface area contributed by atoms with E-state index >= 15 is 0 Å². The van der Waals surface area contributed by atoms with Gasteiger partial charge >= 0.3 is 0 Å². The number of nitrogens with one attached hydrogen (secondary N) is 1. The van der Waals surface area contributed by atoms with Crippen molar-refractivity contribution in [3.63, 3.8) is 0 Å². The van der Waals surface area contributed by atoms with Gasteiger partial charge in [-0.05, 0) is 44.6 Å². The smallest absolute Gasteiger partial charge is 0.224 e. The third-order valence-electron chi connectivity index (χ3n) is 4.33. The predicted octanol–water partition coefficient (Wildman–Crippen LogP) is 1.50. The third-order valence-corrected chi connectivity index (χ3v) is 4.33. The fourth-order valence-electron chi connectivity index (χ4n) is 2.83. The summed E-state index contributed by atoms with van der Waals surface area (Å²) in [6.07, 6.45) is 9.57. The topological polar surface area (TPSA) is 58.4 Å². The molecule has 0 radical (unpaired) electrons. The predicted molar refractivity (Wildman–Crippen MR) is 77.9 cm³/mol. The molecule has 0 aromatic rings. The number of nitrogens with zero attached hydrogens (tertiary/aromatic N) is 1. The van der Waals surface area contributed by atoms with Gasteiger partial charge in [0.15, 0.2) is 0 Å². The Bertz CT molecular complexity index is 273. The van der Waals surface area contributed by atoms with Crippen molar-refractivity contribution in [2.45, 2.75) is 57.4 Å². The van der Waals surface area contributed by atoms with Crippen LogP contribution in [0.15, 0.2) is 0 Å². The van der Waals surface area contributed by atoms with E-state index in [1.807, 2.05) is 4.90 Å². The van der Waals surface area contributed by atoms with E-state index in [-0.39, 0.29) is 11.9 Å². The van der Waals surface area contributed by atoms with E-state index in [4.69, 9.17) is 5.73 Å². The highest BCUT2D eigenvalue weighted by molar-refractivity contribution is 5.76. The van der Waals surface area contributed by atoms with Crippen molar-refractivity contribution < 1.29 is 4.79 Å². The van der Waals surface area contributed by atoms with Crippen molar-refractivity contribution in [3.8, 4) is 0 Å². The molecule has 1 unspecified atom stereocenters. The minimum absolute atomic E-state index is 0.161. The molecule has 19 heavy (non-hydrogen) atoms. The molecule has 0 bridgehead atoms. The summed E-state index contributed by atoms with van der Waals surface area (Å²) in [5, 5.41) is 3.45. The molecule has 1 saturated heterocycles. The molecule has 3 N–H and O–H groups in total. The number of carbonyl (C=O) groups is 1. The zero-order valence-corrected chi connectivity index (χ0v) is 12.1. The fraction of sp³-hybridized carbons (Fsp3) is 0.933. The van der Waals surface area contributed by atoms with Gasteiger partial charge in [-0.1, -0.05) is 12.8 Å². The van der Waals surface area contributed by atoms with Gasteiger partial charge in [0.25, 0.3) is 0 Å². The number of amides is 1. The number of hydrogen-bond donors (Lipinski definition) is 2. The second kappa shape index (κ2) is 7.85. The summed E-state index contributed by atoms with van der Waals surface area (Å²) in [5.41, 5.74) is 5.77. The zero-order valence-electron chi connectivity index (χ0n) is 12.1. The summed E-state index contributed by atoms with van der Waals surface area (Å²) in [6, 6.07) is 0.161. The van der Waals surface area contributed by atoms with Crippen LogP contribution < -0.4 is 11.1 Å². The van der Waals surface area contributed by atoms with Crippen LogP contribution in [0.4, 0.5) is 0 Å². The van der Waals surface area contributed by atoms with Gasteiger partial charge in [0.2, 0.25) is 5.91 Å². The molecular formula is C15H29N3O. The van der Waals surface area contributed by atoms with Crippen LogP contribution in [0.2, 0.25) is 0 Å². The Morgan fingerprint density at radius 2 is 2.00 bits per heavy atom. The van der Waals surface area contributed by atoms with Crippen LogP contribution in [0.3, 0.4) is 0 Å². The molecule has 2 aliphatic rings. The maximum atomic E-state index is 12.1. The van der Waals surface area contributed by atoms with E-state index in [2.05, 4.69) is 5.32 Å². The average molecular weight is 267 g/mol. The maximum Gasteiger partial charge on any atom is 0.224 e. The van der Waals surface area contributed by atoms with Crippen molar-refractivity contribution in [1.82, 2.24) is 10.2 Å². The Hall–Kier alpha value is -0.610. The average Bonchev–Trinajstić information content (AvgIpc) is 3.27. The number of likely N-dealkylation sites (tertiary alicyclic amines) is 1. The van der Waals surface area contributed by atoms with Crippen LogP contribution in [-0.4, -0.2) is 43.0 Å². The molecule has 4 nitrogen and oxygen atoms in total. The van der Waals surface area contributed by atoms with Crippen molar-refractivity contribution in [2.24, 2.45) is 11.7 Å². The van der Waals surface area contributed by atoms with E-state index in [0.717, 1.165) is 38.4 Å². The van der Waals surface area contributed by atoms with Gasteiger partial charge in [0.1, 0.15) is 0 Å². The van der Waals surface area contributed by atoms with E-state index in [1.54, 1.807) is 0 Å². The summed E-state index contributed by atoms with van der Waals surface area (Å²) in [5.74, 6) is 1.28. The quantitative estimate of drug-likeness (QED) is 0.655. The summed E-state index contributed by atoms with van der Waals surface area (Å²) < 4.78 is 0. The highest BCUT2D eigenvalue weighted by atomic mass is 16.2. The SMILES string of the molecule is NCC(CC(=O)N1CCCCC1)NCCCC1CC1. The van der Waals surface area contributed by atoms with Crippen LogP contribution >= 0.6 is 0 Å². The van der Waals surface area contributed by atoms with Gasteiger partial charge in [-0.25, -0.2) is 0 Å². The highest BCUT2D eigenvalue weighted by Crippen LogP contribution is 2.33. The molecule has 0 aromatic heterocycles. The molecule has 110 valence electrons. The first-order chi connectivity index (χ1) is 9.29. The molecular weight excluding hydrogens is 238 g/mol. The lowest BCUT2D eigenvalue weighted by Crippen LogP contribution is -2.43. The van der Waals surface area contributed by atoms with Gasteiger partial charge < -0.3 is 16.0 Å². The Morgan fingerprint density at radius 1 is 1.26 bits per heavy atom. The minimum Gasteiger partial charge on any atom is -0.343 e. The first kappa shape index (κ1) is 14.8. The van der Waals surface area contributed by atoms with Gasteiger partial charge in [-0.3, -0.25) is 4.79 Å². The second-order valence-corrected chi connectivity index (χ2v) is 6.12. The van der Waals surface area contributed by atoms with Crippen LogP contribution in [0.1, 0.15) is 51.4 Å². The highest BCUT2D eigenvalue weighted by Gasteiger charge is 2.21. The van der Waals surface area contributed by atoms with Crippen LogP contribution in [-0.2, 0) is 4.79 Å². The van der Waals surface area contributed by atoms with E-state index in [0.29, 0.717) is 13.0 Å². The third kappa shape index (κ3) is 5.49. The fourth-order valence-corrected chi connectivity index (χ4v) is 2.83. The largest absolute Gasteiger partial charge is 0.343 e. The lowest BCUT2D eigenvalue weighted by Gasteiger charge is -2.28. The number of hydrogen-bond acceptors (Lipinski definition) is 3. The lowest BCUT2D eigenvalue weighted by atomic mass is 10.1. The zero-order chi connectivity index (χ0) is 13.5. The summed E-state index contributed by atoms with van der Waals surface area (Å²) >= 11 is 0. The molecule has 0 aromatic carbocycles. The molecule has 1 aliphatic carbocycles.